The van der Waals surface area contributed by atoms with Crippen molar-refractivity contribution in [2.24, 2.45) is 0 Å². The summed E-state index contributed by atoms with van der Waals surface area (Å²) in [5.74, 6) is -0.174. The average molecular weight is 282 g/mol. The van der Waals surface area contributed by atoms with Crippen LogP contribution in [0.5, 0.6) is 5.75 Å². The number of likely N-dealkylation sites (N-methyl/N-ethyl adjacent to an activating group) is 1. The summed E-state index contributed by atoms with van der Waals surface area (Å²) in [5, 5.41) is 5.96. The van der Waals surface area contributed by atoms with E-state index in [1.807, 2.05) is 13.8 Å². The Bertz CT molecular complexity index is 438. The topological polar surface area (TPSA) is 50.4 Å². The Morgan fingerprint density at radius 1 is 1.40 bits per heavy atom. The fourth-order valence-electron chi connectivity index (χ4n) is 1.85. The van der Waals surface area contributed by atoms with Crippen LogP contribution in [0.3, 0.4) is 0 Å². The summed E-state index contributed by atoms with van der Waals surface area (Å²) in [6, 6.07) is 4.45. The van der Waals surface area contributed by atoms with Gasteiger partial charge >= 0.3 is 0 Å². The molecule has 20 heavy (non-hydrogen) atoms. The Labute approximate surface area is 119 Å². The standard InChI is InChI=1S/C15H23FN2O2/c1-4-8-18-11(3)13-7-6-12(16)9-14(13)20-10-15(19)17-5-2/h6-7,9,11,18H,4-5,8,10H2,1-3H3,(H,17,19). The van der Waals surface area contributed by atoms with Gasteiger partial charge in [-0.15, -0.1) is 0 Å². The summed E-state index contributed by atoms with van der Waals surface area (Å²) in [7, 11) is 0. The maximum Gasteiger partial charge on any atom is 0.257 e. The van der Waals surface area contributed by atoms with Gasteiger partial charge in [0.05, 0.1) is 0 Å². The van der Waals surface area contributed by atoms with Gasteiger partial charge in [0.15, 0.2) is 6.61 Å². The molecular formula is C15H23FN2O2. The Hall–Kier alpha value is -1.62. The number of rotatable bonds is 8. The van der Waals surface area contributed by atoms with Crippen LogP contribution in [0.25, 0.3) is 0 Å². The quantitative estimate of drug-likeness (QED) is 0.770. The van der Waals surface area contributed by atoms with Crippen LogP contribution in [0.4, 0.5) is 4.39 Å². The summed E-state index contributed by atoms with van der Waals surface area (Å²) in [5.41, 5.74) is 0.851. The number of hydrogen-bond acceptors (Lipinski definition) is 3. The molecule has 112 valence electrons. The molecule has 2 N–H and O–H groups in total. The highest BCUT2D eigenvalue weighted by molar-refractivity contribution is 5.77. The largest absolute Gasteiger partial charge is 0.483 e. The van der Waals surface area contributed by atoms with Crippen LogP contribution in [-0.4, -0.2) is 25.6 Å². The summed E-state index contributed by atoms with van der Waals surface area (Å²) in [6.45, 7) is 7.22. The van der Waals surface area contributed by atoms with Crippen molar-refractivity contribution in [3.8, 4) is 5.75 Å². The molecule has 1 atom stereocenters. The van der Waals surface area contributed by atoms with Gasteiger partial charge in [-0.05, 0) is 32.9 Å². The maximum absolute atomic E-state index is 13.3. The van der Waals surface area contributed by atoms with Crippen LogP contribution in [0, 0.1) is 5.82 Å². The van der Waals surface area contributed by atoms with Gasteiger partial charge in [-0.2, -0.15) is 0 Å². The van der Waals surface area contributed by atoms with Crippen molar-refractivity contribution in [3.05, 3.63) is 29.6 Å². The Morgan fingerprint density at radius 2 is 2.15 bits per heavy atom. The minimum absolute atomic E-state index is 0.0415. The van der Waals surface area contributed by atoms with Gasteiger partial charge in [0.1, 0.15) is 11.6 Å². The Balaban J connectivity index is 2.76. The lowest BCUT2D eigenvalue weighted by Crippen LogP contribution is -2.29. The van der Waals surface area contributed by atoms with Crippen molar-refractivity contribution in [2.45, 2.75) is 33.2 Å². The lowest BCUT2D eigenvalue weighted by molar-refractivity contribution is -0.123. The highest BCUT2D eigenvalue weighted by Gasteiger charge is 2.13. The molecule has 0 aliphatic heterocycles. The zero-order valence-electron chi connectivity index (χ0n) is 12.3. The Kier molecular flexibility index (Phi) is 7.01. The molecule has 0 aliphatic rings. The highest BCUT2D eigenvalue weighted by Crippen LogP contribution is 2.26. The molecule has 0 aromatic heterocycles. The highest BCUT2D eigenvalue weighted by atomic mass is 19.1. The molecule has 0 radical (unpaired) electrons. The number of benzene rings is 1. The fourth-order valence-corrected chi connectivity index (χ4v) is 1.85. The Morgan fingerprint density at radius 3 is 2.80 bits per heavy atom. The van der Waals surface area contributed by atoms with E-state index in [1.54, 1.807) is 6.07 Å². The van der Waals surface area contributed by atoms with Crippen LogP contribution in [-0.2, 0) is 4.79 Å². The van der Waals surface area contributed by atoms with Crippen LogP contribution >= 0.6 is 0 Å². The number of halogens is 1. The first-order valence-electron chi connectivity index (χ1n) is 7.00. The van der Waals surface area contributed by atoms with Gasteiger partial charge in [-0.1, -0.05) is 13.0 Å². The first kappa shape index (κ1) is 16.4. The molecule has 1 aromatic carbocycles. The second-order valence-electron chi connectivity index (χ2n) is 4.60. The maximum atomic E-state index is 13.3. The van der Waals surface area contributed by atoms with E-state index in [0.717, 1.165) is 18.5 Å². The molecule has 0 heterocycles. The van der Waals surface area contributed by atoms with E-state index >= 15 is 0 Å². The van der Waals surface area contributed by atoms with E-state index in [1.165, 1.54) is 12.1 Å². The smallest absolute Gasteiger partial charge is 0.257 e. The van der Waals surface area contributed by atoms with E-state index in [0.29, 0.717) is 12.3 Å². The normalized spacial score (nSPS) is 12.0. The monoisotopic (exact) mass is 282 g/mol. The minimum atomic E-state index is -0.373. The molecule has 0 bridgehead atoms. The molecule has 1 aromatic rings. The van der Waals surface area contributed by atoms with Gasteiger partial charge in [0.2, 0.25) is 0 Å². The van der Waals surface area contributed by atoms with Crippen molar-refractivity contribution in [2.75, 3.05) is 19.7 Å². The predicted molar refractivity (Wildman–Crippen MR) is 77.3 cm³/mol. The molecule has 4 nitrogen and oxygen atoms in total. The second kappa shape index (κ2) is 8.53. The number of hydrogen-bond donors (Lipinski definition) is 2. The molecule has 1 unspecified atom stereocenters. The van der Waals surface area contributed by atoms with E-state index < -0.39 is 0 Å². The van der Waals surface area contributed by atoms with Gasteiger partial charge in [-0.25, -0.2) is 4.39 Å². The molecule has 1 amide bonds. The van der Waals surface area contributed by atoms with Crippen LogP contribution in [0.15, 0.2) is 18.2 Å². The summed E-state index contributed by atoms with van der Waals surface area (Å²) in [6.07, 6.45) is 1.01. The fraction of sp³-hybridized carbons (Fsp3) is 0.533. The number of nitrogens with one attached hydrogen (secondary N) is 2. The SMILES string of the molecule is CCCNC(C)c1ccc(F)cc1OCC(=O)NCC. The summed E-state index contributed by atoms with van der Waals surface area (Å²) < 4.78 is 18.8. The molecule has 0 aliphatic carbocycles. The molecule has 0 fully saturated rings. The second-order valence-corrected chi connectivity index (χ2v) is 4.60. The third-order valence-corrected chi connectivity index (χ3v) is 2.88. The van der Waals surface area contributed by atoms with E-state index in [4.69, 9.17) is 4.74 Å². The molecule has 5 heteroatoms. The third kappa shape index (κ3) is 5.17. The van der Waals surface area contributed by atoms with Gasteiger partial charge < -0.3 is 15.4 Å². The van der Waals surface area contributed by atoms with Gasteiger partial charge in [0, 0.05) is 24.2 Å². The van der Waals surface area contributed by atoms with Crippen molar-refractivity contribution in [1.82, 2.24) is 10.6 Å². The zero-order chi connectivity index (χ0) is 15.0. The minimum Gasteiger partial charge on any atom is -0.483 e. The van der Waals surface area contributed by atoms with Crippen LogP contribution < -0.4 is 15.4 Å². The van der Waals surface area contributed by atoms with Gasteiger partial charge in [0.25, 0.3) is 5.91 Å². The lowest BCUT2D eigenvalue weighted by Gasteiger charge is -2.18. The third-order valence-electron chi connectivity index (χ3n) is 2.88. The molecule has 1 rings (SSSR count). The van der Waals surface area contributed by atoms with Crippen molar-refractivity contribution in [3.63, 3.8) is 0 Å². The molecular weight excluding hydrogens is 259 g/mol. The number of carbonyl (C=O) groups excluding carboxylic acids is 1. The first-order valence-corrected chi connectivity index (χ1v) is 7.00. The van der Waals surface area contributed by atoms with Crippen LogP contribution in [0.2, 0.25) is 0 Å². The van der Waals surface area contributed by atoms with E-state index in [9.17, 15) is 9.18 Å². The molecule has 0 saturated carbocycles. The van der Waals surface area contributed by atoms with E-state index in [-0.39, 0.29) is 24.4 Å². The number of amides is 1. The number of carbonyl (C=O) groups is 1. The van der Waals surface area contributed by atoms with Gasteiger partial charge in [-0.3, -0.25) is 4.79 Å². The first-order chi connectivity index (χ1) is 9.58. The lowest BCUT2D eigenvalue weighted by atomic mass is 10.1. The van der Waals surface area contributed by atoms with Crippen molar-refractivity contribution >= 4 is 5.91 Å². The van der Waals surface area contributed by atoms with Crippen LogP contribution in [0.1, 0.15) is 38.8 Å². The summed E-state index contributed by atoms with van der Waals surface area (Å²) >= 11 is 0. The van der Waals surface area contributed by atoms with Crippen molar-refractivity contribution < 1.29 is 13.9 Å². The summed E-state index contributed by atoms with van der Waals surface area (Å²) in [4.78, 5) is 11.4. The average Bonchev–Trinajstić information content (AvgIpc) is 2.43. The molecule has 0 saturated heterocycles. The van der Waals surface area contributed by atoms with E-state index in [2.05, 4.69) is 17.6 Å². The van der Waals surface area contributed by atoms with Crippen molar-refractivity contribution in [1.29, 1.82) is 0 Å². The number of ether oxygens (including phenoxy) is 1. The zero-order valence-corrected chi connectivity index (χ0v) is 12.3. The molecule has 0 spiro atoms. The predicted octanol–water partition coefficient (Wildman–Crippen LogP) is 2.40.